The molecular formula is C10H10N2O4. The topological polar surface area (TPSA) is 73.6 Å². The third-order valence-electron chi connectivity index (χ3n) is 2.92. The van der Waals surface area contributed by atoms with Gasteiger partial charge in [-0.3, -0.25) is 10.1 Å². The second kappa shape index (κ2) is 3.34. The van der Waals surface area contributed by atoms with Gasteiger partial charge >= 0.3 is 0 Å². The van der Waals surface area contributed by atoms with E-state index in [-0.39, 0.29) is 23.4 Å². The number of hydrogen-bond acceptors (Lipinski definition) is 5. The van der Waals surface area contributed by atoms with Crippen LogP contribution in [-0.2, 0) is 0 Å². The number of hydrogen-bond donors (Lipinski definition) is 1. The standard InChI is InChI=1S/C10H10N2O4/c13-12(14)8-4-10-9(15-5-16-10)3-6(8)7-1-2-11-7/h3-4,7,11H,1-2,5H2. The van der Waals surface area contributed by atoms with Crippen molar-refractivity contribution in [1.82, 2.24) is 5.32 Å². The van der Waals surface area contributed by atoms with Gasteiger partial charge in [-0.1, -0.05) is 0 Å². The molecule has 1 unspecified atom stereocenters. The molecule has 6 nitrogen and oxygen atoms in total. The zero-order chi connectivity index (χ0) is 11.1. The van der Waals surface area contributed by atoms with E-state index in [1.165, 1.54) is 6.07 Å². The Balaban J connectivity index is 2.09. The van der Waals surface area contributed by atoms with Crippen molar-refractivity contribution in [3.05, 3.63) is 27.8 Å². The van der Waals surface area contributed by atoms with E-state index in [1.54, 1.807) is 6.07 Å². The molecule has 1 fully saturated rings. The zero-order valence-electron chi connectivity index (χ0n) is 8.43. The summed E-state index contributed by atoms with van der Waals surface area (Å²) in [5, 5.41) is 14.1. The Hall–Kier alpha value is -1.82. The second-order valence-electron chi connectivity index (χ2n) is 3.82. The molecule has 0 spiro atoms. The maximum atomic E-state index is 10.9. The van der Waals surface area contributed by atoms with Gasteiger partial charge in [-0.05, 0) is 19.0 Å². The van der Waals surface area contributed by atoms with E-state index in [0.29, 0.717) is 17.1 Å². The summed E-state index contributed by atoms with van der Waals surface area (Å²) >= 11 is 0. The number of nitro benzene ring substituents is 1. The minimum atomic E-state index is -0.378. The van der Waals surface area contributed by atoms with Gasteiger partial charge < -0.3 is 14.8 Å². The molecule has 16 heavy (non-hydrogen) atoms. The molecule has 1 N–H and O–H groups in total. The molecule has 2 aliphatic rings. The minimum Gasteiger partial charge on any atom is -0.454 e. The van der Waals surface area contributed by atoms with E-state index in [1.807, 2.05) is 0 Å². The summed E-state index contributed by atoms with van der Waals surface area (Å²) < 4.78 is 10.3. The summed E-state index contributed by atoms with van der Waals surface area (Å²) in [4.78, 5) is 10.6. The molecule has 2 aliphatic heterocycles. The maximum absolute atomic E-state index is 10.9. The van der Waals surface area contributed by atoms with Crippen molar-refractivity contribution in [3.8, 4) is 11.5 Å². The molecular weight excluding hydrogens is 212 g/mol. The largest absolute Gasteiger partial charge is 0.454 e. The number of rotatable bonds is 2. The van der Waals surface area contributed by atoms with Gasteiger partial charge in [0.2, 0.25) is 6.79 Å². The number of nitro groups is 1. The molecule has 84 valence electrons. The molecule has 0 radical (unpaired) electrons. The summed E-state index contributed by atoms with van der Waals surface area (Å²) in [7, 11) is 0. The quantitative estimate of drug-likeness (QED) is 0.604. The lowest BCUT2D eigenvalue weighted by Crippen LogP contribution is -2.35. The van der Waals surface area contributed by atoms with E-state index in [2.05, 4.69) is 5.32 Å². The molecule has 1 aromatic carbocycles. The summed E-state index contributed by atoms with van der Waals surface area (Å²) in [5.74, 6) is 1.05. The molecule has 0 amide bonds. The third-order valence-corrected chi connectivity index (χ3v) is 2.92. The molecule has 0 aromatic heterocycles. The smallest absolute Gasteiger partial charge is 0.278 e. The maximum Gasteiger partial charge on any atom is 0.278 e. The summed E-state index contributed by atoms with van der Waals surface area (Å²) in [5.41, 5.74) is 0.780. The van der Waals surface area contributed by atoms with Crippen molar-refractivity contribution in [3.63, 3.8) is 0 Å². The Morgan fingerprint density at radius 3 is 2.62 bits per heavy atom. The van der Waals surface area contributed by atoms with Gasteiger partial charge in [0.05, 0.1) is 16.6 Å². The first kappa shape index (κ1) is 9.41. The Morgan fingerprint density at radius 2 is 2.06 bits per heavy atom. The lowest BCUT2D eigenvalue weighted by atomic mass is 9.96. The van der Waals surface area contributed by atoms with Crippen LogP contribution in [0.3, 0.4) is 0 Å². The van der Waals surface area contributed by atoms with Crippen molar-refractivity contribution in [2.75, 3.05) is 13.3 Å². The zero-order valence-corrected chi connectivity index (χ0v) is 8.43. The highest BCUT2D eigenvalue weighted by molar-refractivity contribution is 5.56. The van der Waals surface area contributed by atoms with E-state index in [9.17, 15) is 10.1 Å². The van der Waals surface area contributed by atoms with Gasteiger partial charge in [0, 0.05) is 6.04 Å². The Labute approximate surface area is 91.3 Å². The van der Waals surface area contributed by atoms with Crippen LogP contribution in [-0.4, -0.2) is 18.3 Å². The molecule has 6 heteroatoms. The van der Waals surface area contributed by atoms with Crippen molar-refractivity contribution in [2.45, 2.75) is 12.5 Å². The molecule has 1 saturated heterocycles. The van der Waals surface area contributed by atoms with Crippen molar-refractivity contribution >= 4 is 5.69 Å². The van der Waals surface area contributed by atoms with Crippen LogP contribution in [0.4, 0.5) is 5.69 Å². The Bertz CT molecular complexity index is 456. The molecule has 0 saturated carbocycles. The van der Waals surface area contributed by atoms with Crippen LogP contribution in [0.25, 0.3) is 0 Å². The van der Waals surface area contributed by atoms with E-state index in [4.69, 9.17) is 9.47 Å². The predicted octanol–water partition coefficient (Wildman–Crippen LogP) is 1.36. The highest BCUT2D eigenvalue weighted by Crippen LogP contribution is 2.41. The highest BCUT2D eigenvalue weighted by Gasteiger charge is 2.30. The molecule has 0 aliphatic carbocycles. The lowest BCUT2D eigenvalue weighted by Gasteiger charge is -2.27. The van der Waals surface area contributed by atoms with Crippen LogP contribution in [0.1, 0.15) is 18.0 Å². The highest BCUT2D eigenvalue weighted by atomic mass is 16.7. The van der Waals surface area contributed by atoms with Gasteiger partial charge in [-0.25, -0.2) is 0 Å². The van der Waals surface area contributed by atoms with Crippen LogP contribution < -0.4 is 14.8 Å². The second-order valence-corrected chi connectivity index (χ2v) is 3.82. The van der Waals surface area contributed by atoms with Gasteiger partial charge in [-0.15, -0.1) is 0 Å². The molecule has 1 aromatic rings. The molecule has 0 bridgehead atoms. The van der Waals surface area contributed by atoms with Crippen molar-refractivity contribution in [1.29, 1.82) is 0 Å². The minimum absolute atomic E-state index is 0.0647. The number of benzene rings is 1. The molecule has 2 heterocycles. The molecule has 1 atom stereocenters. The first-order valence-electron chi connectivity index (χ1n) is 5.07. The van der Waals surface area contributed by atoms with Crippen LogP contribution in [0.2, 0.25) is 0 Å². The average molecular weight is 222 g/mol. The lowest BCUT2D eigenvalue weighted by molar-refractivity contribution is -0.386. The first-order valence-corrected chi connectivity index (χ1v) is 5.07. The van der Waals surface area contributed by atoms with Gasteiger partial charge in [-0.2, -0.15) is 0 Å². The van der Waals surface area contributed by atoms with Crippen LogP contribution in [0.5, 0.6) is 11.5 Å². The van der Waals surface area contributed by atoms with Crippen molar-refractivity contribution < 1.29 is 14.4 Å². The number of nitrogens with zero attached hydrogens (tertiary/aromatic N) is 1. The van der Waals surface area contributed by atoms with Crippen LogP contribution in [0, 0.1) is 10.1 Å². The number of ether oxygens (including phenoxy) is 2. The summed E-state index contributed by atoms with van der Waals surface area (Å²) in [6, 6.07) is 3.21. The average Bonchev–Trinajstić information content (AvgIpc) is 2.60. The van der Waals surface area contributed by atoms with Gasteiger partial charge in [0.1, 0.15) is 0 Å². The van der Waals surface area contributed by atoms with E-state index >= 15 is 0 Å². The number of nitrogens with one attached hydrogen (secondary N) is 1. The summed E-state index contributed by atoms with van der Waals surface area (Å²) in [6.45, 7) is 1.03. The number of fused-ring (bicyclic) bond motifs is 1. The van der Waals surface area contributed by atoms with Crippen LogP contribution >= 0.6 is 0 Å². The SMILES string of the molecule is O=[N+]([O-])c1cc2c(cc1C1CCN1)OCO2. The third kappa shape index (κ3) is 1.30. The van der Waals surface area contributed by atoms with Crippen LogP contribution in [0.15, 0.2) is 12.1 Å². The fraction of sp³-hybridized carbons (Fsp3) is 0.400. The predicted molar refractivity (Wildman–Crippen MR) is 54.6 cm³/mol. The fourth-order valence-corrected chi connectivity index (χ4v) is 1.94. The first-order chi connectivity index (χ1) is 7.75. The fourth-order valence-electron chi connectivity index (χ4n) is 1.94. The van der Waals surface area contributed by atoms with Gasteiger partial charge in [0.15, 0.2) is 11.5 Å². The van der Waals surface area contributed by atoms with E-state index < -0.39 is 0 Å². The Morgan fingerprint density at radius 1 is 1.38 bits per heavy atom. The summed E-state index contributed by atoms with van der Waals surface area (Å²) in [6.07, 6.45) is 0.917. The van der Waals surface area contributed by atoms with E-state index in [0.717, 1.165) is 13.0 Å². The molecule has 3 rings (SSSR count). The van der Waals surface area contributed by atoms with Gasteiger partial charge in [0.25, 0.3) is 5.69 Å². The Kier molecular flexibility index (Phi) is 1.97. The monoisotopic (exact) mass is 222 g/mol. The van der Waals surface area contributed by atoms with Crippen molar-refractivity contribution in [2.24, 2.45) is 0 Å². The normalized spacial score (nSPS) is 21.6.